The van der Waals surface area contributed by atoms with Crippen LogP contribution in [-0.4, -0.2) is 47.3 Å². The zero-order chi connectivity index (χ0) is 17.2. The molecule has 0 aromatic heterocycles. The first-order chi connectivity index (χ1) is 12.2. The van der Waals surface area contributed by atoms with E-state index in [0.717, 1.165) is 45.3 Å². The van der Waals surface area contributed by atoms with Crippen LogP contribution in [0.15, 0.2) is 30.3 Å². The second kappa shape index (κ2) is 7.19. The molecule has 2 aliphatic heterocycles. The second-order valence-electron chi connectivity index (χ2n) is 7.96. The highest BCUT2D eigenvalue weighted by Gasteiger charge is 2.40. The summed E-state index contributed by atoms with van der Waals surface area (Å²) in [6.45, 7) is 2.48. The zero-order valence-corrected chi connectivity index (χ0v) is 14.9. The first-order valence-electron chi connectivity index (χ1n) is 9.82. The molecule has 0 unspecified atom stereocenters. The molecule has 1 aliphatic carbocycles. The Morgan fingerprint density at radius 3 is 2.64 bits per heavy atom. The van der Waals surface area contributed by atoms with E-state index in [9.17, 15) is 9.59 Å². The molecule has 2 amide bonds. The first kappa shape index (κ1) is 16.6. The maximum atomic E-state index is 12.5. The molecule has 2 saturated heterocycles. The fourth-order valence-corrected chi connectivity index (χ4v) is 4.46. The van der Waals surface area contributed by atoms with Gasteiger partial charge in [0.05, 0.1) is 0 Å². The lowest BCUT2D eigenvalue weighted by atomic mass is 9.83. The largest absolute Gasteiger partial charge is 0.342 e. The summed E-state index contributed by atoms with van der Waals surface area (Å²) in [6, 6.07) is 10.7. The van der Waals surface area contributed by atoms with Crippen LogP contribution in [0.3, 0.4) is 0 Å². The smallest absolute Gasteiger partial charge is 0.222 e. The molecule has 0 radical (unpaired) electrons. The number of likely N-dealkylation sites (tertiary alicyclic amines) is 2. The number of benzene rings is 1. The summed E-state index contributed by atoms with van der Waals surface area (Å²) < 4.78 is 0. The number of carbonyl (C=O) groups excluding carboxylic acids is 2. The highest BCUT2D eigenvalue weighted by molar-refractivity contribution is 5.78. The summed E-state index contributed by atoms with van der Waals surface area (Å²) >= 11 is 0. The topological polar surface area (TPSA) is 40.6 Å². The Morgan fingerprint density at radius 2 is 1.88 bits per heavy atom. The minimum absolute atomic E-state index is 0.301. The number of piperidine rings is 2. The lowest BCUT2D eigenvalue weighted by molar-refractivity contribution is -0.144. The third-order valence-electron chi connectivity index (χ3n) is 6.14. The van der Waals surface area contributed by atoms with Gasteiger partial charge in [-0.2, -0.15) is 0 Å². The van der Waals surface area contributed by atoms with Crippen molar-refractivity contribution in [2.24, 2.45) is 11.8 Å². The fourth-order valence-electron chi connectivity index (χ4n) is 4.46. The van der Waals surface area contributed by atoms with Crippen LogP contribution in [0.25, 0.3) is 0 Å². The number of hydrogen-bond donors (Lipinski definition) is 0. The number of rotatable bonds is 5. The van der Waals surface area contributed by atoms with Crippen LogP contribution in [0, 0.1) is 11.8 Å². The van der Waals surface area contributed by atoms with Crippen molar-refractivity contribution < 1.29 is 9.59 Å². The Morgan fingerprint density at radius 1 is 1.08 bits per heavy atom. The maximum absolute atomic E-state index is 12.5. The Kier molecular flexibility index (Phi) is 4.78. The van der Waals surface area contributed by atoms with E-state index in [2.05, 4.69) is 34.1 Å². The summed E-state index contributed by atoms with van der Waals surface area (Å²) in [5.74, 6) is 1.76. The molecule has 1 aromatic rings. The van der Waals surface area contributed by atoms with Crippen LogP contribution < -0.4 is 0 Å². The minimum Gasteiger partial charge on any atom is -0.342 e. The molecular formula is C21H28N2O2. The standard InChI is InChI=1S/C21H28N2O2/c24-20-9-8-18-15-22(21(25)14-17-6-7-17)12-11-19(18)23(20)13-10-16-4-2-1-3-5-16/h1-5,17-19H,6-15H2/t18-,19+/m0/s1. The molecular weight excluding hydrogens is 312 g/mol. The van der Waals surface area contributed by atoms with Crippen molar-refractivity contribution in [1.82, 2.24) is 9.80 Å². The van der Waals surface area contributed by atoms with E-state index in [1.807, 2.05) is 6.07 Å². The van der Waals surface area contributed by atoms with Gasteiger partial charge in [-0.3, -0.25) is 9.59 Å². The molecule has 25 heavy (non-hydrogen) atoms. The number of nitrogens with zero attached hydrogens (tertiary/aromatic N) is 2. The molecule has 1 aromatic carbocycles. The van der Waals surface area contributed by atoms with Gasteiger partial charge in [-0.05, 0) is 49.5 Å². The summed E-state index contributed by atoms with van der Waals surface area (Å²) in [5.41, 5.74) is 1.29. The van der Waals surface area contributed by atoms with Gasteiger partial charge < -0.3 is 9.80 Å². The summed E-state index contributed by atoms with van der Waals surface area (Å²) in [6.07, 6.45) is 6.65. The number of fused-ring (bicyclic) bond motifs is 1. The second-order valence-corrected chi connectivity index (χ2v) is 7.96. The van der Waals surface area contributed by atoms with Crippen LogP contribution in [-0.2, 0) is 16.0 Å². The van der Waals surface area contributed by atoms with Crippen LogP contribution >= 0.6 is 0 Å². The highest BCUT2D eigenvalue weighted by atomic mass is 16.2. The van der Waals surface area contributed by atoms with Gasteiger partial charge in [0, 0.05) is 38.5 Å². The van der Waals surface area contributed by atoms with Crippen LogP contribution in [0.4, 0.5) is 0 Å². The SMILES string of the molecule is O=C(CC1CC1)N1CC[C@@H]2[C@@H](CCC(=O)N2CCc2ccccc2)C1. The van der Waals surface area contributed by atoms with Gasteiger partial charge in [-0.15, -0.1) is 0 Å². The van der Waals surface area contributed by atoms with Crippen molar-refractivity contribution in [2.75, 3.05) is 19.6 Å². The lowest BCUT2D eigenvalue weighted by Crippen LogP contribution is -2.57. The van der Waals surface area contributed by atoms with Gasteiger partial charge in [0.15, 0.2) is 0 Å². The van der Waals surface area contributed by atoms with E-state index in [4.69, 9.17) is 0 Å². The third-order valence-corrected chi connectivity index (χ3v) is 6.14. The maximum Gasteiger partial charge on any atom is 0.222 e. The van der Waals surface area contributed by atoms with E-state index >= 15 is 0 Å². The van der Waals surface area contributed by atoms with Gasteiger partial charge in [0.1, 0.15) is 0 Å². The van der Waals surface area contributed by atoms with Crippen LogP contribution in [0.1, 0.15) is 44.1 Å². The monoisotopic (exact) mass is 340 g/mol. The van der Waals surface area contributed by atoms with Gasteiger partial charge in [0.25, 0.3) is 0 Å². The molecule has 2 heterocycles. The van der Waals surface area contributed by atoms with Crippen molar-refractivity contribution >= 4 is 11.8 Å². The van der Waals surface area contributed by atoms with Crippen molar-refractivity contribution in [1.29, 1.82) is 0 Å². The van der Waals surface area contributed by atoms with Crippen molar-refractivity contribution in [2.45, 2.75) is 51.0 Å². The molecule has 2 atom stereocenters. The van der Waals surface area contributed by atoms with Gasteiger partial charge >= 0.3 is 0 Å². The van der Waals surface area contributed by atoms with E-state index < -0.39 is 0 Å². The molecule has 3 fully saturated rings. The number of amides is 2. The molecule has 134 valence electrons. The van der Waals surface area contributed by atoms with E-state index in [0.29, 0.717) is 36.1 Å². The number of carbonyl (C=O) groups is 2. The predicted molar refractivity (Wildman–Crippen MR) is 96.9 cm³/mol. The molecule has 0 N–H and O–H groups in total. The number of hydrogen-bond acceptors (Lipinski definition) is 2. The van der Waals surface area contributed by atoms with Crippen molar-refractivity contribution in [3.8, 4) is 0 Å². The molecule has 3 aliphatic rings. The Bertz CT molecular complexity index is 626. The zero-order valence-electron chi connectivity index (χ0n) is 14.9. The van der Waals surface area contributed by atoms with E-state index in [1.54, 1.807) is 0 Å². The van der Waals surface area contributed by atoms with E-state index in [1.165, 1.54) is 18.4 Å². The highest BCUT2D eigenvalue weighted by Crippen LogP contribution is 2.35. The van der Waals surface area contributed by atoms with Crippen LogP contribution in [0.2, 0.25) is 0 Å². The van der Waals surface area contributed by atoms with Crippen molar-refractivity contribution in [3.05, 3.63) is 35.9 Å². The average Bonchev–Trinajstić information content (AvgIpc) is 3.45. The molecule has 0 spiro atoms. The predicted octanol–water partition coefficient (Wildman–Crippen LogP) is 2.87. The lowest BCUT2D eigenvalue weighted by Gasteiger charge is -2.47. The van der Waals surface area contributed by atoms with Gasteiger partial charge in [-0.1, -0.05) is 30.3 Å². The summed E-state index contributed by atoms with van der Waals surface area (Å²) in [7, 11) is 0. The first-order valence-corrected chi connectivity index (χ1v) is 9.82. The summed E-state index contributed by atoms with van der Waals surface area (Å²) in [4.78, 5) is 29.1. The fraction of sp³-hybridized carbons (Fsp3) is 0.619. The molecule has 0 bridgehead atoms. The van der Waals surface area contributed by atoms with Gasteiger partial charge in [0.2, 0.25) is 11.8 Å². The normalized spacial score (nSPS) is 26.5. The molecule has 1 saturated carbocycles. The van der Waals surface area contributed by atoms with E-state index in [-0.39, 0.29) is 0 Å². The molecule has 4 nitrogen and oxygen atoms in total. The van der Waals surface area contributed by atoms with Crippen LogP contribution in [0.5, 0.6) is 0 Å². The minimum atomic E-state index is 0.301. The summed E-state index contributed by atoms with van der Waals surface area (Å²) in [5, 5.41) is 0. The Labute approximate surface area is 150 Å². The van der Waals surface area contributed by atoms with Gasteiger partial charge in [-0.25, -0.2) is 0 Å². The third kappa shape index (κ3) is 3.88. The molecule has 4 heteroatoms. The van der Waals surface area contributed by atoms with Crippen molar-refractivity contribution in [3.63, 3.8) is 0 Å². The molecule has 4 rings (SSSR count). The Hall–Kier alpha value is -1.84. The Balaban J connectivity index is 1.36. The quantitative estimate of drug-likeness (QED) is 0.827. The average molecular weight is 340 g/mol.